The summed E-state index contributed by atoms with van der Waals surface area (Å²) in [7, 11) is 0. The number of anilines is 3. The van der Waals surface area contributed by atoms with E-state index in [0.717, 1.165) is 5.56 Å². The van der Waals surface area contributed by atoms with E-state index in [-0.39, 0.29) is 11.5 Å². The number of carbonyl (C=O) groups is 1. The molecule has 0 atom stereocenters. The van der Waals surface area contributed by atoms with Gasteiger partial charge in [-0.2, -0.15) is 0 Å². The van der Waals surface area contributed by atoms with Crippen molar-refractivity contribution < 1.29 is 9.79 Å². The average molecular weight is 499 g/mol. The van der Waals surface area contributed by atoms with Gasteiger partial charge >= 0.3 is 6.03 Å². The monoisotopic (exact) mass is 498 g/mol. The molecule has 0 bridgehead atoms. The Morgan fingerprint density at radius 2 is 1.74 bits per heavy atom. The lowest BCUT2D eigenvalue weighted by Crippen LogP contribution is -2.81. The van der Waals surface area contributed by atoms with Crippen LogP contribution in [0.1, 0.15) is 32.0 Å². The fourth-order valence-electron chi connectivity index (χ4n) is 2.90. The molecule has 1 heterocycles. The number of hydrogen-bond acceptors (Lipinski definition) is 5. The van der Waals surface area contributed by atoms with Crippen LogP contribution in [0.2, 0.25) is 10.0 Å². The third-order valence-corrected chi connectivity index (χ3v) is 5.24. The van der Waals surface area contributed by atoms with Crippen LogP contribution in [-0.2, 0) is 0 Å². The van der Waals surface area contributed by atoms with Gasteiger partial charge in [-0.25, -0.2) is 19.8 Å². The minimum Gasteiger partial charge on any atom is -0.396 e. The summed E-state index contributed by atoms with van der Waals surface area (Å²) >= 11 is 11.9. The van der Waals surface area contributed by atoms with Crippen molar-refractivity contribution >= 4 is 64.0 Å². The van der Waals surface area contributed by atoms with Crippen LogP contribution >= 0.6 is 23.2 Å². The summed E-state index contributed by atoms with van der Waals surface area (Å²) in [5.74, 6) is 0.123. The zero-order valence-electron chi connectivity index (χ0n) is 19.0. The number of allylic oxidation sites excluding steroid dienone is 1. The molecule has 3 rings (SSSR count). The molecular formula is C24H26Cl2N7O+. The van der Waals surface area contributed by atoms with Crippen LogP contribution in [0, 0.1) is 0 Å². The maximum Gasteiger partial charge on any atom is 0.323 e. The van der Waals surface area contributed by atoms with Crippen LogP contribution in [0.15, 0.2) is 54.7 Å². The second kappa shape index (κ2) is 10.5. The molecule has 8 nitrogen and oxygen atoms in total. The van der Waals surface area contributed by atoms with Crippen LogP contribution in [0.25, 0.3) is 11.3 Å². The maximum absolute atomic E-state index is 12.5. The van der Waals surface area contributed by atoms with Crippen molar-refractivity contribution in [2.24, 2.45) is 5.73 Å². The molecule has 0 saturated heterocycles. The third kappa shape index (κ3) is 6.94. The van der Waals surface area contributed by atoms with Gasteiger partial charge in [-0.05, 0) is 62.7 Å². The van der Waals surface area contributed by atoms with E-state index in [0.29, 0.717) is 38.4 Å². The molecule has 10 heteroatoms. The van der Waals surface area contributed by atoms with Crippen molar-refractivity contribution in [1.29, 1.82) is 0 Å². The zero-order valence-corrected chi connectivity index (χ0v) is 20.5. The number of nitrogen functional groups attached to an aromatic ring is 1. The van der Waals surface area contributed by atoms with E-state index in [2.05, 4.69) is 25.6 Å². The van der Waals surface area contributed by atoms with Gasteiger partial charge in [0.1, 0.15) is 0 Å². The predicted molar refractivity (Wildman–Crippen MR) is 140 cm³/mol. The summed E-state index contributed by atoms with van der Waals surface area (Å²) in [5.41, 5.74) is 15.4. The quantitative estimate of drug-likeness (QED) is 0.341. The van der Waals surface area contributed by atoms with Crippen molar-refractivity contribution in [2.45, 2.75) is 26.3 Å². The van der Waals surface area contributed by atoms with Gasteiger partial charge in [0.25, 0.3) is 0 Å². The van der Waals surface area contributed by atoms with Gasteiger partial charge in [0.05, 0.1) is 27.0 Å². The highest BCUT2D eigenvalue weighted by atomic mass is 35.5. The SMILES string of the molecule is CC(C)(C)[NH+]=CC(=C(N)c1ccnc(N)n1)c1cccc(NC(=O)Nc2ccc(Cl)c(Cl)c2)c1. The molecule has 34 heavy (non-hydrogen) atoms. The molecule has 0 saturated carbocycles. The molecule has 3 aromatic rings. The Balaban J connectivity index is 1.92. The normalized spacial score (nSPS) is 12.4. The van der Waals surface area contributed by atoms with Gasteiger partial charge in [-0.3, -0.25) is 0 Å². The van der Waals surface area contributed by atoms with Gasteiger partial charge in [0.2, 0.25) is 5.95 Å². The van der Waals surface area contributed by atoms with Crippen LogP contribution < -0.4 is 27.1 Å². The highest BCUT2D eigenvalue weighted by Crippen LogP contribution is 2.26. The highest BCUT2D eigenvalue weighted by Gasteiger charge is 2.17. The topological polar surface area (TPSA) is 133 Å². The molecular weight excluding hydrogens is 473 g/mol. The molecule has 176 valence electrons. The number of rotatable bonds is 5. The lowest BCUT2D eigenvalue weighted by atomic mass is 10.0. The lowest BCUT2D eigenvalue weighted by Gasteiger charge is -2.12. The first-order valence-corrected chi connectivity index (χ1v) is 11.1. The van der Waals surface area contributed by atoms with E-state index in [1.807, 2.05) is 45.2 Å². The number of urea groups is 1. The summed E-state index contributed by atoms with van der Waals surface area (Å²) in [4.78, 5) is 24.0. The van der Waals surface area contributed by atoms with E-state index >= 15 is 0 Å². The Kier molecular flexibility index (Phi) is 7.75. The first-order chi connectivity index (χ1) is 16.0. The summed E-state index contributed by atoms with van der Waals surface area (Å²) in [5, 5.41) is 6.29. The zero-order chi connectivity index (χ0) is 24.9. The Labute approximate surface area is 208 Å². The molecule has 0 aliphatic rings. The van der Waals surface area contributed by atoms with Crippen LogP contribution in [0.4, 0.5) is 22.1 Å². The standard InChI is InChI=1S/C24H25Cl2N7O/c1-24(2,3)30-13-17(21(27)20-9-10-29-22(28)33-20)14-5-4-6-15(11-14)31-23(34)32-16-7-8-18(25)19(26)12-16/h4-13H,27H2,1-3H3,(H2,28,29,33)(H2,31,32,34)/p+1. The Morgan fingerprint density at radius 1 is 1.03 bits per heavy atom. The molecule has 0 aliphatic carbocycles. The van der Waals surface area contributed by atoms with Gasteiger partial charge in [-0.15, -0.1) is 0 Å². The number of carbonyl (C=O) groups excluding carboxylic acids is 1. The highest BCUT2D eigenvalue weighted by molar-refractivity contribution is 6.42. The predicted octanol–water partition coefficient (Wildman–Crippen LogP) is 3.79. The number of aromatic nitrogens is 2. The van der Waals surface area contributed by atoms with E-state index in [1.165, 1.54) is 0 Å². The Morgan fingerprint density at radius 3 is 2.38 bits per heavy atom. The molecule has 0 spiro atoms. The van der Waals surface area contributed by atoms with Gasteiger partial charge in [0, 0.05) is 17.6 Å². The minimum atomic E-state index is -0.436. The number of nitrogens with two attached hydrogens (primary N) is 2. The number of nitrogens with zero attached hydrogens (tertiary/aromatic N) is 2. The van der Waals surface area contributed by atoms with E-state index < -0.39 is 6.03 Å². The van der Waals surface area contributed by atoms with Crippen molar-refractivity contribution in [3.8, 4) is 0 Å². The van der Waals surface area contributed by atoms with Crippen LogP contribution in [-0.4, -0.2) is 27.8 Å². The smallest absolute Gasteiger partial charge is 0.323 e. The molecule has 1 aromatic heterocycles. The van der Waals surface area contributed by atoms with E-state index in [1.54, 1.807) is 36.5 Å². The summed E-state index contributed by atoms with van der Waals surface area (Å²) in [6.07, 6.45) is 3.37. The average Bonchev–Trinajstić information content (AvgIpc) is 2.76. The molecule has 2 amide bonds. The molecule has 0 fully saturated rings. The van der Waals surface area contributed by atoms with Crippen LogP contribution in [0.3, 0.4) is 0 Å². The second-order valence-electron chi connectivity index (χ2n) is 8.45. The largest absolute Gasteiger partial charge is 0.396 e. The molecule has 2 aromatic carbocycles. The van der Waals surface area contributed by atoms with E-state index in [9.17, 15) is 4.79 Å². The maximum atomic E-state index is 12.5. The first kappa shape index (κ1) is 25.0. The number of hydrogen-bond donors (Lipinski definition) is 5. The summed E-state index contributed by atoms with van der Waals surface area (Å²) < 4.78 is 0. The Hall–Kier alpha value is -3.62. The fraction of sp³-hybridized carbons (Fsp3) is 0.167. The lowest BCUT2D eigenvalue weighted by molar-refractivity contribution is -0.533. The third-order valence-electron chi connectivity index (χ3n) is 4.50. The van der Waals surface area contributed by atoms with Crippen LogP contribution in [0.5, 0.6) is 0 Å². The molecule has 0 aliphatic heterocycles. The molecule has 0 radical (unpaired) electrons. The summed E-state index contributed by atoms with van der Waals surface area (Å²) in [6, 6.07) is 13.4. The molecule has 0 unspecified atom stereocenters. The van der Waals surface area contributed by atoms with Crippen molar-refractivity contribution in [1.82, 2.24) is 9.97 Å². The fourth-order valence-corrected chi connectivity index (χ4v) is 3.20. The van der Waals surface area contributed by atoms with Crippen molar-refractivity contribution in [3.63, 3.8) is 0 Å². The van der Waals surface area contributed by atoms with Gasteiger partial charge < -0.3 is 22.1 Å². The first-order valence-electron chi connectivity index (χ1n) is 10.3. The van der Waals surface area contributed by atoms with Gasteiger partial charge in [-0.1, -0.05) is 35.3 Å². The number of amides is 2. The van der Waals surface area contributed by atoms with Crippen molar-refractivity contribution in [3.05, 3.63) is 76.0 Å². The minimum absolute atomic E-state index is 0.123. The van der Waals surface area contributed by atoms with Gasteiger partial charge in [0.15, 0.2) is 11.8 Å². The second-order valence-corrected chi connectivity index (χ2v) is 9.27. The number of benzene rings is 2. The number of nitrogens with one attached hydrogen (secondary N) is 3. The van der Waals surface area contributed by atoms with E-state index in [4.69, 9.17) is 34.7 Å². The summed E-state index contributed by atoms with van der Waals surface area (Å²) in [6.45, 7) is 6.10. The number of halogens is 2. The van der Waals surface area contributed by atoms with Crippen molar-refractivity contribution in [2.75, 3.05) is 16.4 Å². The molecule has 7 N–H and O–H groups in total. The Bertz CT molecular complexity index is 1270.